The summed E-state index contributed by atoms with van der Waals surface area (Å²) in [6.07, 6.45) is 4.82. The summed E-state index contributed by atoms with van der Waals surface area (Å²) in [4.78, 5) is 23.4. The maximum atomic E-state index is 12.1. The van der Waals surface area contributed by atoms with Crippen LogP contribution in [-0.4, -0.2) is 27.8 Å². The normalized spacial score (nSPS) is 11.1. The smallest absolute Gasteiger partial charge is 0.221 e. The molecule has 2 heterocycles. The lowest BCUT2D eigenvalue weighted by molar-refractivity contribution is 0.103. The molecule has 1 aromatic carbocycles. The zero-order valence-corrected chi connectivity index (χ0v) is 11.4. The Morgan fingerprint density at radius 3 is 2.95 bits per heavy atom. The van der Waals surface area contributed by atoms with E-state index < -0.39 is 0 Å². The van der Waals surface area contributed by atoms with Crippen LogP contribution in [0, 0.1) is 0 Å². The fraction of sp³-hybridized carbons (Fsp3) is 0.0625. The van der Waals surface area contributed by atoms with Crippen molar-refractivity contribution in [3.8, 4) is 5.88 Å². The van der Waals surface area contributed by atoms with Gasteiger partial charge in [-0.15, -0.1) is 0 Å². The van der Waals surface area contributed by atoms with Crippen molar-refractivity contribution in [1.29, 1.82) is 0 Å². The molecule has 0 aliphatic heterocycles. The van der Waals surface area contributed by atoms with E-state index in [0.717, 1.165) is 16.6 Å². The first kappa shape index (κ1) is 13.1. The van der Waals surface area contributed by atoms with Crippen LogP contribution in [0.4, 0.5) is 0 Å². The number of aromatic nitrogens is 3. The molecule has 0 spiro atoms. The van der Waals surface area contributed by atoms with Crippen LogP contribution < -0.4 is 4.74 Å². The molecule has 3 rings (SSSR count). The molecule has 0 atom stereocenters. The minimum absolute atomic E-state index is 0.179. The summed E-state index contributed by atoms with van der Waals surface area (Å²) < 4.78 is 5.04. The molecule has 0 fully saturated rings. The van der Waals surface area contributed by atoms with Gasteiger partial charge in [0.05, 0.1) is 18.1 Å². The Labute approximate surface area is 121 Å². The highest BCUT2D eigenvalue weighted by atomic mass is 16.5. The van der Waals surface area contributed by atoms with Crippen molar-refractivity contribution in [2.75, 3.05) is 7.11 Å². The first-order chi connectivity index (χ1) is 10.3. The highest BCUT2D eigenvalue weighted by Gasteiger charge is 2.07. The summed E-state index contributed by atoms with van der Waals surface area (Å²) in [5.41, 5.74) is 2.46. The fourth-order valence-electron chi connectivity index (χ4n) is 1.96. The van der Waals surface area contributed by atoms with E-state index >= 15 is 0 Å². The molecule has 0 unspecified atom stereocenters. The predicted octanol–water partition coefficient (Wildman–Crippen LogP) is 2.86. The quantitative estimate of drug-likeness (QED) is 0.589. The first-order valence-corrected chi connectivity index (χ1v) is 6.43. The summed E-state index contributed by atoms with van der Waals surface area (Å²) in [5.74, 6) is 0.656. The average Bonchev–Trinajstić information content (AvgIpc) is 2.97. The van der Waals surface area contributed by atoms with Gasteiger partial charge in [-0.05, 0) is 29.8 Å². The largest absolute Gasteiger partial charge is 0.481 e. The van der Waals surface area contributed by atoms with Gasteiger partial charge in [-0.2, -0.15) is 0 Å². The number of benzene rings is 1. The van der Waals surface area contributed by atoms with Crippen LogP contribution in [0.15, 0.2) is 48.7 Å². The van der Waals surface area contributed by atoms with E-state index in [1.165, 1.54) is 6.08 Å². The van der Waals surface area contributed by atoms with Gasteiger partial charge in [0.15, 0.2) is 5.82 Å². The van der Waals surface area contributed by atoms with E-state index in [2.05, 4.69) is 15.0 Å². The van der Waals surface area contributed by atoms with Crippen LogP contribution in [0.25, 0.3) is 17.1 Å². The van der Waals surface area contributed by atoms with E-state index in [9.17, 15) is 4.79 Å². The van der Waals surface area contributed by atoms with E-state index in [-0.39, 0.29) is 5.78 Å². The van der Waals surface area contributed by atoms with Crippen molar-refractivity contribution in [2.45, 2.75) is 0 Å². The number of methoxy groups -OCH3 is 1. The lowest BCUT2D eigenvalue weighted by Crippen LogP contribution is -1.96. The number of fused-ring (bicyclic) bond motifs is 1. The Balaban J connectivity index is 1.83. The summed E-state index contributed by atoms with van der Waals surface area (Å²) in [7, 11) is 1.55. The first-order valence-electron chi connectivity index (χ1n) is 6.43. The molecule has 5 heteroatoms. The van der Waals surface area contributed by atoms with Crippen LogP contribution in [0.5, 0.6) is 5.88 Å². The second-order valence-corrected chi connectivity index (χ2v) is 4.43. The van der Waals surface area contributed by atoms with Crippen LogP contribution >= 0.6 is 0 Å². The van der Waals surface area contributed by atoms with Gasteiger partial charge >= 0.3 is 0 Å². The zero-order chi connectivity index (χ0) is 14.7. The number of nitrogens with zero attached hydrogens (tertiary/aromatic N) is 2. The Hall–Kier alpha value is -2.95. The van der Waals surface area contributed by atoms with Gasteiger partial charge in [-0.25, -0.2) is 9.97 Å². The number of H-pyrrole nitrogens is 1. The number of ether oxygens (including phenoxy) is 1. The summed E-state index contributed by atoms with van der Waals surface area (Å²) >= 11 is 0. The molecule has 0 saturated heterocycles. The Bertz CT molecular complexity index is 788. The molecular weight excluding hydrogens is 266 g/mol. The summed E-state index contributed by atoms with van der Waals surface area (Å²) in [6.45, 7) is 0. The molecule has 0 saturated carbocycles. The number of aromatic amines is 1. The van der Waals surface area contributed by atoms with E-state index in [4.69, 9.17) is 4.74 Å². The van der Waals surface area contributed by atoms with Crippen molar-refractivity contribution in [1.82, 2.24) is 15.0 Å². The number of nitrogens with one attached hydrogen (secondary N) is 1. The van der Waals surface area contributed by atoms with Gasteiger partial charge < -0.3 is 9.72 Å². The lowest BCUT2D eigenvalue weighted by Gasteiger charge is -1.98. The minimum Gasteiger partial charge on any atom is -0.481 e. The second kappa shape index (κ2) is 5.58. The van der Waals surface area contributed by atoms with Crippen molar-refractivity contribution >= 4 is 22.9 Å². The fourth-order valence-corrected chi connectivity index (χ4v) is 1.96. The van der Waals surface area contributed by atoms with Crippen molar-refractivity contribution in [3.05, 3.63) is 60.1 Å². The third kappa shape index (κ3) is 2.81. The standard InChI is InChI=1S/C16H13N3O2/c1-21-15-10-11(8-9-17-15)6-7-14(20)16-18-12-4-2-3-5-13(12)19-16/h2-10H,1H3,(H,18,19)/b7-6+. The van der Waals surface area contributed by atoms with Crippen LogP contribution in [0.2, 0.25) is 0 Å². The summed E-state index contributed by atoms with van der Waals surface area (Å²) in [6, 6.07) is 11.1. The van der Waals surface area contributed by atoms with E-state index in [1.807, 2.05) is 24.3 Å². The molecule has 0 radical (unpaired) electrons. The molecule has 0 bridgehead atoms. The van der Waals surface area contributed by atoms with Gasteiger partial charge in [-0.3, -0.25) is 4.79 Å². The third-order valence-corrected chi connectivity index (χ3v) is 3.02. The molecule has 1 N–H and O–H groups in total. The molecule has 0 aliphatic carbocycles. The zero-order valence-electron chi connectivity index (χ0n) is 11.4. The van der Waals surface area contributed by atoms with Crippen LogP contribution in [0.1, 0.15) is 16.2 Å². The highest BCUT2D eigenvalue weighted by molar-refractivity contribution is 6.05. The molecule has 2 aromatic heterocycles. The number of allylic oxidation sites excluding steroid dienone is 1. The molecule has 0 aliphatic rings. The SMILES string of the molecule is COc1cc(/C=C/C(=O)c2nc3ccccc3[nH]2)ccn1. The number of para-hydroxylation sites is 2. The molecule has 21 heavy (non-hydrogen) atoms. The highest BCUT2D eigenvalue weighted by Crippen LogP contribution is 2.13. The molecule has 104 valence electrons. The number of rotatable bonds is 4. The molecule has 5 nitrogen and oxygen atoms in total. The van der Waals surface area contributed by atoms with Crippen LogP contribution in [0.3, 0.4) is 0 Å². The Kier molecular flexibility index (Phi) is 3.47. The number of carbonyl (C=O) groups is 1. The Morgan fingerprint density at radius 1 is 1.29 bits per heavy atom. The van der Waals surface area contributed by atoms with E-state index in [1.54, 1.807) is 31.5 Å². The van der Waals surface area contributed by atoms with Gasteiger partial charge in [0.25, 0.3) is 0 Å². The van der Waals surface area contributed by atoms with Crippen molar-refractivity contribution in [2.24, 2.45) is 0 Å². The van der Waals surface area contributed by atoms with E-state index in [0.29, 0.717) is 11.7 Å². The van der Waals surface area contributed by atoms with Gasteiger partial charge in [-0.1, -0.05) is 18.2 Å². The van der Waals surface area contributed by atoms with Crippen molar-refractivity contribution in [3.63, 3.8) is 0 Å². The lowest BCUT2D eigenvalue weighted by atomic mass is 10.2. The minimum atomic E-state index is -0.179. The predicted molar refractivity (Wildman–Crippen MR) is 80.2 cm³/mol. The number of pyridine rings is 1. The number of hydrogen-bond donors (Lipinski definition) is 1. The second-order valence-electron chi connectivity index (χ2n) is 4.43. The number of hydrogen-bond acceptors (Lipinski definition) is 4. The number of carbonyl (C=O) groups excluding carboxylic acids is 1. The number of imidazole rings is 1. The third-order valence-electron chi connectivity index (χ3n) is 3.02. The topological polar surface area (TPSA) is 67.9 Å². The maximum Gasteiger partial charge on any atom is 0.221 e. The number of ketones is 1. The average molecular weight is 279 g/mol. The molecule has 3 aromatic rings. The Morgan fingerprint density at radius 2 is 2.14 bits per heavy atom. The maximum absolute atomic E-state index is 12.1. The van der Waals surface area contributed by atoms with Gasteiger partial charge in [0, 0.05) is 12.3 Å². The molecule has 0 amide bonds. The van der Waals surface area contributed by atoms with Crippen LogP contribution in [-0.2, 0) is 0 Å². The van der Waals surface area contributed by atoms with Gasteiger partial charge in [0.1, 0.15) is 0 Å². The summed E-state index contributed by atoms with van der Waals surface area (Å²) in [5, 5.41) is 0. The molecular formula is C16H13N3O2. The monoisotopic (exact) mass is 279 g/mol. The van der Waals surface area contributed by atoms with Crippen molar-refractivity contribution < 1.29 is 9.53 Å². The van der Waals surface area contributed by atoms with Gasteiger partial charge in [0.2, 0.25) is 11.7 Å².